The standard InChI is InChI=1S/C15H13Cl2NO2S/c16-11-5-6-12(17)14(7-11)20-13-4-2-1-3-10(13)8-21-9-15(18)19/h1-7H,8-9H2,(H2,18,19). The first-order chi connectivity index (χ1) is 10.1. The van der Waals surface area contributed by atoms with Gasteiger partial charge in [-0.25, -0.2) is 0 Å². The zero-order chi connectivity index (χ0) is 15.2. The van der Waals surface area contributed by atoms with E-state index in [0.29, 0.717) is 27.3 Å². The summed E-state index contributed by atoms with van der Waals surface area (Å²) >= 11 is 13.5. The molecule has 3 nitrogen and oxygen atoms in total. The molecule has 2 rings (SSSR count). The molecule has 6 heteroatoms. The van der Waals surface area contributed by atoms with Gasteiger partial charge in [0.1, 0.15) is 11.5 Å². The first-order valence-electron chi connectivity index (χ1n) is 6.13. The molecule has 2 aromatic rings. The molecule has 0 saturated carbocycles. The molecule has 1 amide bonds. The van der Waals surface area contributed by atoms with Crippen LogP contribution >= 0.6 is 35.0 Å². The summed E-state index contributed by atoms with van der Waals surface area (Å²) in [6, 6.07) is 12.6. The molecule has 21 heavy (non-hydrogen) atoms. The molecule has 2 N–H and O–H groups in total. The van der Waals surface area contributed by atoms with E-state index in [0.717, 1.165) is 5.56 Å². The van der Waals surface area contributed by atoms with Crippen molar-refractivity contribution < 1.29 is 9.53 Å². The number of rotatable bonds is 6. The maximum absolute atomic E-state index is 10.8. The molecule has 0 fully saturated rings. The fraction of sp³-hybridized carbons (Fsp3) is 0.133. The summed E-state index contributed by atoms with van der Waals surface area (Å²) in [5.74, 6) is 1.73. The zero-order valence-corrected chi connectivity index (χ0v) is 13.3. The summed E-state index contributed by atoms with van der Waals surface area (Å²) in [5, 5.41) is 1.04. The SMILES string of the molecule is NC(=O)CSCc1ccccc1Oc1cc(Cl)ccc1Cl. The Labute approximate surface area is 137 Å². The highest BCUT2D eigenvalue weighted by molar-refractivity contribution is 7.99. The number of amides is 1. The van der Waals surface area contributed by atoms with Gasteiger partial charge in [0.2, 0.25) is 5.91 Å². The van der Waals surface area contributed by atoms with Gasteiger partial charge in [-0.15, -0.1) is 11.8 Å². The minimum Gasteiger partial charge on any atom is -0.455 e. The summed E-state index contributed by atoms with van der Waals surface area (Å²) in [4.78, 5) is 10.8. The minimum absolute atomic E-state index is 0.270. The van der Waals surface area contributed by atoms with Gasteiger partial charge in [0.15, 0.2) is 0 Å². The van der Waals surface area contributed by atoms with Crippen LogP contribution in [0, 0.1) is 0 Å². The van der Waals surface area contributed by atoms with E-state index in [1.54, 1.807) is 18.2 Å². The van der Waals surface area contributed by atoms with Gasteiger partial charge in [-0.2, -0.15) is 0 Å². The molecule has 0 bridgehead atoms. The van der Waals surface area contributed by atoms with Gasteiger partial charge in [-0.1, -0.05) is 41.4 Å². The van der Waals surface area contributed by atoms with E-state index in [1.807, 2.05) is 24.3 Å². The predicted molar refractivity (Wildman–Crippen MR) is 88.3 cm³/mol. The molecule has 0 aliphatic carbocycles. The van der Waals surface area contributed by atoms with Gasteiger partial charge in [-0.05, 0) is 18.2 Å². The second-order valence-corrected chi connectivity index (χ2v) is 6.07. The van der Waals surface area contributed by atoms with Crippen LogP contribution in [0.3, 0.4) is 0 Å². The number of hydrogen-bond acceptors (Lipinski definition) is 3. The van der Waals surface area contributed by atoms with E-state index in [4.69, 9.17) is 33.7 Å². The smallest absolute Gasteiger partial charge is 0.227 e. The molecule has 0 unspecified atom stereocenters. The lowest BCUT2D eigenvalue weighted by Gasteiger charge is -2.12. The van der Waals surface area contributed by atoms with Crippen LogP contribution in [0.5, 0.6) is 11.5 Å². The summed E-state index contributed by atoms with van der Waals surface area (Å²) in [6.07, 6.45) is 0. The van der Waals surface area contributed by atoms with Crippen molar-refractivity contribution in [2.24, 2.45) is 5.73 Å². The molecular weight excluding hydrogens is 329 g/mol. The number of primary amides is 1. The third-order valence-electron chi connectivity index (χ3n) is 2.59. The lowest BCUT2D eigenvalue weighted by Crippen LogP contribution is -2.13. The minimum atomic E-state index is -0.337. The van der Waals surface area contributed by atoms with Crippen molar-refractivity contribution in [1.82, 2.24) is 0 Å². The van der Waals surface area contributed by atoms with Crippen LogP contribution in [0.1, 0.15) is 5.56 Å². The van der Waals surface area contributed by atoms with E-state index in [9.17, 15) is 4.79 Å². The predicted octanol–water partition coefficient (Wildman–Crippen LogP) is 4.50. The number of nitrogens with two attached hydrogens (primary N) is 1. The number of ether oxygens (including phenoxy) is 1. The van der Waals surface area contributed by atoms with Gasteiger partial charge in [0, 0.05) is 22.4 Å². The second-order valence-electron chi connectivity index (χ2n) is 4.24. The van der Waals surface area contributed by atoms with Crippen LogP contribution in [-0.4, -0.2) is 11.7 Å². The van der Waals surface area contributed by atoms with E-state index in [1.165, 1.54) is 11.8 Å². The number of halogens is 2. The van der Waals surface area contributed by atoms with Crippen molar-refractivity contribution in [3.63, 3.8) is 0 Å². The van der Waals surface area contributed by atoms with E-state index in [-0.39, 0.29) is 11.7 Å². The fourth-order valence-corrected chi connectivity index (χ4v) is 2.74. The van der Waals surface area contributed by atoms with Gasteiger partial charge >= 0.3 is 0 Å². The number of benzene rings is 2. The Kier molecular flexibility index (Phi) is 5.79. The van der Waals surface area contributed by atoms with Crippen LogP contribution < -0.4 is 10.5 Å². The third kappa shape index (κ3) is 4.84. The Balaban J connectivity index is 2.16. The van der Waals surface area contributed by atoms with Crippen molar-refractivity contribution in [3.8, 4) is 11.5 Å². The van der Waals surface area contributed by atoms with Crippen molar-refractivity contribution in [3.05, 3.63) is 58.1 Å². The highest BCUT2D eigenvalue weighted by Crippen LogP contribution is 2.34. The van der Waals surface area contributed by atoms with Crippen molar-refractivity contribution in [2.45, 2.75) is 5.75 Å². The molecule has 0 radical (unpaired) electrons. The lowest BCUT2D eigenvalue weighted by molar-refractivity contribution is -0.115. The fourth-order valence-electron chi connectivity index (χ4n) is 1.66. The average molecular weight is 342 g/mol. The van der Waals surface area contributed by atoms with Gasteiger partial charge in [0.25, 0.3) is 0 Å². The normalized spacial score (nSPS) is 10.4. The van der Waals surface area contributed by atoms with Gasteiger partial charge in [0.05, 0.1) is 10.8 Å². The second kappa shape index (κ2) is 7.59. The highest BCUT2D eigenvalue weighted by atomic mass is 35.5. The summed E-state index contributed by atoms with van der Waals surface area (Å²) in [5.41, 5.74) is 6.09. The first kappa shape index (κ1) is 16.0. The maximum Gasteiger partial charge on any atom is 0.227 e. The number of para-hydroxylation sites is 1. The molecule has 0 atom stereocenters. The Morgan fingerprint density at radius 2 is 1.90 bits per heavy atom. The summed E-state index contributed by atoms with van der Waals surface area (Å²) < 4.78 is 5.83. The molecule has 0 aliphatic heterocycles. The van der Waals surface area contributed by atoms with E-state index < -0.39 is 0 Å². The van der Waals surface area contributed by atoms with Gasteiger partial charge in [-0.3, -0.25) is 4.79 Å². The largest absolute Gasteiger partial charge is 0.455 e. The maximum atomic E-state index is 10.8. The number of thioether (sulfide) groups is 1. The molecule has 2 aromatic carbocycles. The monoisotopic (exact) mass is 341 g/mol. The average Bonchev–Trinajstić information content (AvgIpc) is 2.44. The van der Waals surface area contributed by atoms with Crippen molar-refractivity contribution in [2.75, 3.05) is 5.75 Å². The number of carbonyl (C=O) groups is 1. The van der Waals surface area contributed by atoms with Gasteiger partial charge < -0.3 is 10.5 Å². The molecule has 0 spiro atoms. The van der Waals surface area contributed by atoms with E-state index >= 15 is 0 Å². The molecule has 0 saturated heterocycles. The third-order valence-corrected chi connectivity index (χ3v) is 4.14. The van der Waals surface area contributed by atoms with Crippen molar-refractivity contribution >= 4 is 40.9 Å². The zero-order valence-electron chi connectivity index (χ0n) is 11.0. The molecule has 110 valence electrons. The van der Waals surface area contributed by atoms with Crippen LogP contribution in [0.4, 0.5) is 0 Å². The Morgan fingerprint density at radius 3 is 2.67 bits per heavy atom. The van der Waals surface area contributed by atoms with Crippen molar-refractivity contribution in [1.29, 1.82) is 0 Å². The Bertz CT molecular complexity index is 649. The first-order valence-corrected chi connectivity index (χ1v) is 8.04. The molecular formula is C15H13Cl2NO2S. The lowest BCUT2D eigenvalue weighted by atomic mass is 10.2. The molecule has 0 aliphatic rings. The molecule has 0 aromatic heterocycles. The summed E-state index contributed by atoms with van der Waals surface area (Å²) in [7, 11) is 0. The van der Waals surface area contributed by atoms with Crippen LogP contribution in [0.15, 0.2) is 42.5 Å². The molecule has 0 heterocycles. The van der Waals surface area contributed by atoms with Crippen LogP contribution in [0.25, 0.3) is 0 Å². The van der Waals surface area contributed by atoms with E-state index in [2.05, 4.69) is 0 Å². The highest BCUT2D eigenvalue weighted by Gasteiger charge is 2.08. The van der Waals surface area contributed by atoms with Crippen LogP contribution in [0.2, 0.25) is 10.0 Å². The summed E-state index contributed by atoms with van der Waals surface area (Å²) in [6.45, 7) is 0. The topological polar surface area (TPSA) is 52.3 Å². The Morgan fingerprint density at radius 1 is 1.14 bits per heavy atom. The Hall–Kier alpha value is -1.36. The number of hydrogen-bond donors (Lipinski definition) is 1. The quantitative estimate of drug-likeness (QED) is 0.841. The number of carbonyl (C=O) groups excluding carboxylic acids is 1. The van der Waals surface area contributed by atoms with Crippen LogP contribution in [-0.2, 0) is 10.5 Å².